The molecule has 0 saturated carbocycles. The quantitative estimate of drug-likeness (QED) is 0.693. The zero-order valence-corrected chi connectivity index (χ0v) is 17.9. The van der Waals surface area contributed by atoms with E-state index in [9.17, 15) is 0 Å². The Bertz CT molecular complexity index is 785. The summed E-state index contributed by atoms with van der Waals surface area (Å²) in [6.45, 7) is 8.70. The van der Waals surface area contributed by atoms with Crippen LogP contribution in [0.5, 0.6) is 0 Å². The van der Waals surface area contributed by atoms with Gasteiger partial charge in [-0.2, -0.15) is 0 Å². The van der Waals surface area contributed by atoms with Crippen LogP contribution in [0.25, 0.3) is 0 Å². The summed E-state index contributed by atoms with van der Waals surface area (Å²) >= 11 is 1.71. The Morgan fingerprint density at radius 1 is 1.18 bits per heavy atom. The standard InChI is InChI=1S/C24H32N2OS/c1-19(2)15-20-7-9-21(10-8-20)17-26-13-3-5-22(18-26)25-16-24-12-11-23(28-24)6-4-14-27/h7-12,19,22,25,27H,3,5,13-18H2,1-2H3/t22-/m0/s1. The number of rotatable bonds is 7. The van der Waals surface area contributed by atoms with Crippen LogP contribution >= 0.6 is 11.3 Å². The molecule has 4 heteroatoms. The molecule has 2 aromatic rings. The van der Waals surface area contributed by atoms with Gasteiger partial charge >= 0.3 is 0 Å². The molecule has 2 N–H and O–H groups in total. The maximum atomic E-state index is 8.80. The molecule has 1 atom stereocenters. The Balaban J connectivity index is 1.46. The van der Waals surface area contributed by atoms with Crippen molar-refractivity contribution >= 4 is 11.3 Å². The normalized spacial score (nSPS) is 17.5. The van der Waals surface area contributed by atoms with Gasteiger partial charge < -0.3 is 10.4 Å². The highest BCUT2D eigenvalue weighted by atomic mass is 32.1. The summed E-state index contributed by atoms with van der Waals surface area (Å²) in [5.41, 5.74) is 2.86. The third-order valence-electron chi connectivity index (χ3n) is 5.10. The summed E-state index contributed by atoms with van der Waals surface area (Å²) in [6.07, 6.45) is 3.65. The fraction of sp³-hybridized carbons (Fsp3) is 0.500. The van der Waals surface area contributed by atoms with Crippen molar-refractivity contribution < 1.29 is 5.11 Å². The highest BCUT2D eigenvalue weighted by molar-refractivity contribution is 7.12. The van der Waals surface area contributed by atoms with E-state index in [0.717, 1.165) is 30.9 Å². The van der Waals surface area contributed by atoms with Crippen LogP contribution < -0.4 is 5.32 Å². The molecule has 150 valence electrons. The largest absolute Gasteiger partial charge is 0.384 e. The van der Waals surface area contributed by atoms with Crippen LogP contribution in [0.15, 0.2) is 36.4 Å². The summed E-state index contributed by atoms with van der Waals surface area (Å²) in [5, 5.41) is 12.5. The van der Waals surface area contributed by atoms with Gasteiger partial charge in [-0.05, 0) is 55.0 Å². The first-order valence-electron chi connectivity index (χ1n) is 10.3. The molecule has 3 rings (SSSR count). The molecule has 1 aliphatic rings. The number of hydrogen-bond acceptors (Lipinski definition) is 4. The number of likely N-dealkylation sites (tertiary alicyclic amines) is 1. The second-order valence-electron chi connectivity index (χ2n) is 8.10. The van der Waals surface area contributed by atoms with Crippen molar-refractivity contribution in [2.24, 2.45) is 5.92 Å². The van der Waals surface area contributed by atoms with E-state index in [1.807, 2.05) is 6.07 Å². The third kappa shape index (κ3) is 6.76. The van der Waals surface area contributed by atoms with Crippen molar-refractivity contribution in [2.45, 2.75) is 52.2 Å². The smallest absolute Gasteiger partial charge is 0.104 e. The zero-order valence-electron chi connectivity index (χ0n) is 17.1. The summed E-state index contributed by atoms with van der Waals surface area (Å²) in [5.74, 6) is 6.41. The van der Waals surface area contributed by atoms with Gasteiger partial charge in [0.15, 0.2) is 0 Å². The van der Waals surface area contributed by atoms with E-state index in [4.69, 9.17) is 5.11 Å². The maximum Gasteiger partial charge on any atom is 0.104 e. The number of hydrogen-bond donors (Lipinski definition) is 2. The van der Waals surface area contributed by atoms with Crippen LogP contribution in [0.3, 0.4) is 0 Å². The van der Waals surface area contributed by atoms with Gasteiger partial charge in [0, 0.05) is 30.6 Å². The fourth-order valence-corrected chi connectivity index (χ4v) is 4.62. The molecule has 3 nitrogen and oxygen atoms in total. The zero-order chi connectivity index (χ0) is 19.8. The highest BCUT2D eigenvalue weighted by Crippen LogP contribution is 2.18. The molecule has 1 aliphatic heterocycles. The minimum atomic E-state index is -0.0795. The number of thiophene rings is 1. The highest BCUT2D eigenvalue weighted by Gasteiger charge is 2.19. The first-order valence-corrected chi connectivity index (χ1v) is 11.2. The summed E-state index contributed by atoms with van der Waals surface area (Å²) < 4.78 is 0. The fourth-order valence-electron chi connectivity index (χ4n) is 3.79. The van der Waals surface area contributed by atoms with Crippen molar-refractivity contribution in [3.8, 4) is 11.8 Å². The minimum Gasteiger partial charge on any atom is -0.384 e. The first-order chi connectivity index (χ1) is 13.6. The van der Waals surface area contributed by atoms with Crippen molar-refractivity contribution in [2.75, 3.05) is 19.7 Å². The van der Waals surface area contributed by atoms with Gasteiger partial charge in [-0.15, -0.1) is 11.3 Å². The van der Waals surface area contributed by atoms with E-state index >= 15 is 0 Å². The summed E-state index contributed by atoms with van der Waals surface area (Å²) in [4.78, 5) is 4.91. The second kappa shape index (κ2) is 10.8. The Morgan fingerprint density at radius 2 is 1.96 bits per heavy atom. The van der Waals surface area contributed by atoms with E-state index in [1.165, 1.54) is 35.4 Å². The van der Waals surface area contributed by atoms with Crippen LogP contribution in [0, 0.1) is 17.8 Å². The molecule has 1 aromatic heterocycles. The van der Waals surface area contributed by atoms with E-state index in [0.29, 0.717) is 12.0 Å². The number of nitrogens with zero attached hydrogens (tertiary/aromatic N) is 1. The summed E-state index contributed by atoms with van der Waals surface area (Å²) in [6, 6.07) is 13.9. The van der Waals surface area contributed by atoms with Crippen molar-refractivity contribution in [3.05, 3.63) is 57.3 Å². The molecule has 2 heterocycles. The molecule has 28 heavy (non-hydrogen) atoms. The monoisotopic (exact) mass is 396 g/mol. The van der Waals surface area contributed by atoms with E-state index < -0.39 is 0 Å². The first kappa shape index (κ1) is 21.1. The van der Waals surface area contributed by atoms with Crippen LogP contribution in [0.4, 0.5) is 0 Å². The van der Waals surface area contributed by atoms with Gasteiger partial charge in [-0.1, -0.05) is 50.0 Å². The predicted octanol–water partition coefficient (Wildman–Crippen LogP) is 4.04. The summed E-state index contributed by atoms with van der Waals surface area (Å²) in [7, 11) is 0. The van der Waals surface area contributed by atoms with Crippen LogP contribution in [-0.2, 0) is 19.5 Å². The number of piperidine rings is 1. The third-order valence-corrected chi connectivity index (χ3v) is 6.10. The average molecular weight is 397 g/mol. The Labute approximate surface area is 173 Å². The van der Waals surface area contributed by atoms with E-state index in [-0.39, 0.29) is 6.61 Å². The SMILES string of the molecule is CC(C)Cc1ccc(CN2CCC[C@H](NCc3ccc(C#CCO)s3)C2)cc1. The van der Waals surface area contributed by atoms with Gasteiger partial charge in [0.1, 0.15) is 6.61 Å². The van der Waals surface area contributed by atoms with Gasteiger partial charge in [-0.3, -0.25) is 4.90 Å². The van der Waals surface area contributed by atoms with Crippen molar-refractivity contribution in [1.82, 2.24) is 10.2 Å². The Morgan fingerprint density at radius 3 is 2.71 bits per heavy atom. The molecule has 0 unspecified atom stereocenters. The number of aliphatic hydroxyl groups excluding tert-OH is 1. The predicted molar refractivity (Wildman–Crippen MR) is 118 cm³/mol. The minimum absolute atomic E-state index is 0.0795. The Hall–Kier alpha value is -1.64. The topological polar surface area (TPSA) is 35.5 Å². The van der Waals surface area contributed by atoms with Crippen molar-refractivity contribution in [1.29, 1.82) is 0 Å². The molecule has 0 aliphatic carbocycles. The maximum absolute atomic E-state index is 8.80. The lowest BCUT2D eigenvalue weighted by molar-refractivity contribution is 0.183. The Kier molecular flexibility index (Phi) is 8.12. The number of benzene rings is 1. The van der Waals surface area contributed by atoms with Gasteiger partial charge in [-0.25, -0.2) is 0 Å². The molecule has 0 amide bonds. The van der Waals surface area contributed by atoms with E-state index in [1.54, 1.807) is 11.3 Å². The average Bonchev–Trinajstić information content (AvgIpc) is 3.14. The van der Waals surface area contributed by atoms with E-state index in [2.05, 4.69) is 66.2 Å². The van der Waals surface area contributed by atoms with Crippen molar-refractivity contribution in [3.63, 3.8) is 0 Å². The molecule has 0 radical (unpaired) electrons. The lowest BCUT2D eigenvalue weighted by Gasteiger charge is -2.33. The number of aliphatic hydroxyl groups is 1. The molecule has 1 aromatic carbocycles. The van der Waals surface area contributed by atoms with Gasteiger partial charge in [0.2, 0.25) is 0 Å². The number of nitrogens with one attached hydrogen (secondary N) is 1. The lowest BCUT2D eigenvalue weighted by Crippen LogP contribution is -2.44. The molecule has 1 saturated heterocycles. The molecule has 0 bridgehead atoms. The second-order valence-corrected chi connectivity index (χ2v) is 9.26. The van der Waals surface area contributed by atoms with Gasteiger partial charge in [0.25, 0.3) is 0 Å². The van der Waals surface area contributed by atoms with Crippen LogP contribution in [0.2, 0.25) is 0 Å². The molecular formula is C24H32N2OS. The molecule has 1 fully saturated rings. The molecular weight excluding hydrogens is 364 g/mol. The van der Waals surface area contributed by atoms with Crippen LogP contribution in [0.1, 0.15) is 47.6 Å². The van der Waals surface area contributed by atoms with Gasteiger partial charge in [0.05, 0.1) is 4.88 Å². The molecule has 0 spiro atoms. The van der Waals surface area contributed by atoms with Crippen LogP contribution in [-0.4, -0.2) is 35.7 Å². The lowest BCUT2D eigenvalue weighted by atomic mass is 10.0.